The van der Waals surface area contributed by atoms with Gasteiger partial charge in [0.25, 0.3) is 5.91 Å². The van der Waals surface area contributed by atoms with E-state index in [9.17, 15) is 4.79 Å². The van der Waals surface area contributed by atoms with E-state index in [0.717, 1.165) is 6.42 Å². The summed E-state index contributed by atoms with van der Waals surface area (Å²) in [6.07, 6.45) is 3.62. The molecule has 0 radical (unpaired) electrons. The van der Waals surface area contributed by atoms with E-state index in [-0.39, 0.29) is 5.57 Å². The Hall–Kier alpha value is -2.06. The summed E-state index contributed by atoms with van der Waals surface area (Å²) in [5.74, 6) is 0.0846. The van der Waals surface area contributed by atoms with Crippen LogP contribution in [0.25, 0.3) is 6.08 Å². The molecule has 1 rings (SSSR count). The summed E-state index contributed by atoms with van der Waals surface area (Å²) in [6, 6.07) is 5.23. The van der Waals surface area contributed by atoms with Crippen molar-refractivity contribution in [1.29, 1.82) is 5.26 Å². The van der Waals surface area contributed by atoms with E-state index in [1.54, 1.807) is 12.1 Å². The molecule has 0 spiro atoms. The van der Waals surface area contributed by atoms with E-state index in [1.807, 2.05) is 13.0 Å². The molecule has 0 saturated heterocycles. The third-order valence-electron chi connectivity index (χ3n) is 2.15. The Labute approximate surface area is 106 Å². The van der Waals surface area contributed by atoms with Crippen LogP contribution < -0.4 is 5.32 Å². The molecule has 0 fully saturated rings. The van der Waals surface area contributed by atoms with Gasteiger partial charge in [0.15, 0.2) is 0 Å². The van der Waals surface area contributed by atoms with Gasteiger partial charge in [0.1, 0.15) is 17.4 Å². The molecule has 0 saturated carbocycles. The van der Waals surface area contributed by atoms with Gasteiger partial charge < -0.3 is 14.5 Å². The van der Waals surface area contributed by atoms with Crippen LogP contribution >= 0.6 is 0 Å². The van der Waals surface area contributed by atoms with E-state index < -0.39 is 5.91 Å². The largest absolute Gasteiger partial charge is 0.465 e. The first-order valence-corrected chi connectivity index (χ1v) is 5.79. The predicted molar refractivity (Wildman–Crippen MR) is 66.4 cm³/mol. The van der Waals surface area contributed by atoms with Crippen molar-refractivity contribution in [2.75, 3.05) is 19.8 Å². The van der Waals surface area contributed by atoms with Gasteiger partial charge in [0, 0.05) is 25.8 Å². The van der Waals surface area contributed by atoms with Crippen LogP contribution in [0, 0.1) is 11.3 Å². The second kappa shape index (κ2) is 8.09. The molecule has 0 bridgehead atoms. The average molecular weight is 248 g/mol. The Kier molecular flexibility index (Phi) is 6.30. The number of amides is 1. The second-order valence-electron chi connectivity index (χ2n) is 3.49. The lowest BCUT2D eigenvalue weighted by atomic mass is 10.2. The summed E-state index contributed by atoms with van der Waals surface area (Å²) in [5.41, 5.74) is 0.0290. The molecule has 1 aromatic heterocycles. The summed E-state index contributed by atoms with van der Waals surface area (Å²) in [6.45, 7) is 3.66. The lowest BCUT2D eigenvalue weighted by Gasteiger charge is -2.03. The van der Waals surface area contributed by atoms with Crippen molar-refractivity contribution in [2.24, 2.45) is 0 Å². The monoisotopic (exact) mass is 248 g/mol. The third kappa shape index (κ3) is 4.85. The standard InChI is InChI=1S/C13H16N2O3/c1-2-17-7-4-6-15-13(16)11(10-14)9-12-5-3-8-18-12/h3,5,8-9H,2,4,6-7H2,1H3,(H,15,16)/b11-9+. The molecule has 5 heteroatoms. The van der Waals surface area contributed by atoms with Crippen LogP contribution in [-0.4, -0.2) is 25.7 Å². The van der Waals surface area contributed by atoms with Crippen LogP contribution in [0.5, 0.6) is 0 Å². The molecule has 0 aliphatic carbocycles. The number of ether oxygens (including phenoxy) is 1. The molecule has 96 valence electrons. The number of hydrogen-bond donors (Lipinski definition) is 1. The molecule has 0 unspecified atom stereocenters. The van der Waals surface area contributed by atoms with Crippen molar-refractivity contribution in [3.05, 3.63) is 29.7 Å². The highest BCUT2D eigenvalue weighted by Gasteiger charge is 2.08. The number of hydrogen-bond acceptors (Lipinski definition) is 4. The van der Waals surface area contributed by atoms with Gasteiger partial charge in [0.05, 0.1) is 6.26 Å². The first-order valence-electron chi connectivity index (χ1n) is 5.79. The van der Waals surface area contributed by atoms with Gasteiger partial charge >= 0.3 is 0 Å². The minimum absolute atomic E-state index is 0.0290. The number of nitrogens with zero attached hydrogens (tertiary/aromatic N) is 1. The quantitative estimate of drug-likeness (QED) is 0.453. The maximum Gasteiger partial charge on any atom is 0.262 e. The molecule has 1 N–H and O–H groups in total. The fraction of sp³-hybridized carbons (Fsp3) is 0.385. The molecule has 0 aliphatic heterocycles. The zero-order chi connectivity index (χ0) is 13.2. The van der Waals surface area contributed by atoms with Crippen molar-refractivity contribution in [3.63, 3.8) is 0 Å². The van der Waals surface area contributed by atoms with Gasteiger partial charge in [-0.05, 0) is 25.5 Å². The molecule has 5 nitrogen and oxygen atoms in total. The average Bonchev–Trinajstić information content (AvgIpc) is 2.88. The summed E-state index contributed by atoms with van der Waals surface area (Å²) in [7, 11) is 0. The van der Waals surface area contributed by atoms with Crippen LogP contribution in [0.3, 0.4) is 0 Å². The first-order chi connectivity index (χ1) is 8.77. The molecule has 0 aromatic carbocycles. The Morgan fingerprint density at radius 3 is 3.11 bits per heavy atom. The fourth-order valence-electron chi connectivity index (χ4n) is 1.28. The Bertz CT molecular complexity index is 430. The van der Waals surface area contributed by atoms with Gasteiger partial charge in [-0.15, -0.1) is 0 Å². The van der Waals surface area contributed by atoms with Crippen molar-refractivity contribution >= 4 is 12.0 Å². The molecule has 0 atom stereocenters. The third-order valence-corrected chi connectivity index (χ3v) is 2.15. The van der Waals surface area contributed by atoms with E-state index in [1.165, 1.54) is 12.3 Å². The molecular weight excluding hydrogens is 232 g/mol. The smallest absolute Gasteiger partial charge is 0.262 e. The van der Waals surface area contributed by atoms with Gasteiger partial charge in [-0.1, -0.05) is 0 Å². The number of rotatable bonds is 7. The van der Waals surface area contributed by atoms with E-state index in [2.05, 4.69) is 5.32 Å². The Morgan fingerprint density at radius 2 is 2.50 bits per heavy atom. The summed E-state index contributed by atoms with van der Waals surface area (Å²) in [5, 5.41) is 11.5. The van der Waals surface area contributed by atoms with E-state index in [4.69, 9.17) is 14.4 Å². The van der Waals surface area contributed by atoms with Gasteiger partial charge in [-0.2, -0.15) is 5.26 Å². The van der Waals surface area contributed by atoms with Gasteiger partial charge in [-0.3, -0.25) is 4.79 Å². The Balaban J connectivity index is 2.42. The number of carbonyl (C=O) groups excluding carboxylic acids is 1. The normalized spacial score (nSPS) is 11.0. The van der Waals surface area contributed by atoms with Crippen LogP contribution in [0.4, 0.5) is 0 Å². The predicted octanol–water partition coefficient (Wildman–Crippen LogP) is 1.73. The second-order valence-corrected chi connectivity index (χ2v) is 3.49. The maximum atomic E-state index is 11.6. The number of nitrogens with one attached hydrogen (secondary N) is 1. The maximum absolute atomic E-state index is 11.6. The summed E-state index contributed by atoms with van der Waals surface area (Å²) >= 11 is 0. The Morgan fingerprint density at radius 1 is 1.67 bits per heavy atom. The van der Waals surface area contributed by atoms with Crippen molar-refractivity contribution in [1.82, 2.24) is 5.32 Å². The summed E-state index contributed by atoms with van der Waals surface area (Å²) in [4.78, 5) is 11.6. The summed E-state index contributed by atoms with van der Waals surface area (Å²) < 4.78 is 10.2. The van der Waals surface area contributed by atoms with Crippen LogP contribution in [0.1, 0.15) is 19.1 Å². The number of nitriles is 1. The van der Waals surface area contributed by atoms with Gasteiger partial charge in [0.2, 0.25) is 0 Å². The first kappa shape index (κ1) is 14.0. The fourth-order valence-corrected chi connectivity index (χ4v) is 1.28. The highest BCUT2D eigenvalue weighted by Crippen LogP contribution is 2.06. The molecule has 1 heterocycles. The molecule has 0 aliphatic rings. The number of carbonyl (C=O) groups is 1. The lowest BCUT2D eigenvalue weighted by Crippen LogP contribution is -2.26. The minimum Gasteiger partial charge on any atom is -0.465 e. The number of furan rings is 1. The van der Waals surface area contributed by atoms with Crippen molar-refractivity contribution in [2.45, 2.75) is 13.3 Å². The van der Waals surface area contributed by atoms with Gasteiger partial charge in [-0.25, -0.2) is 0 Å². The molecule has 18 heavy (non-hydrogen) atoms. The van der Waals surface area contributed by atoms with Crippen molar-refractivity contribution in [3.8, 4) is 6.07 Å². The highest BCUT2D eigenvalue weighted by molar-refractivity contribution is 6.01. The van der Waals surface area contributed by atoms with Crippen LogP contribution in [0.15, 0.2) is 28.4 Å². The zero-order valence-corrected chi connectivity index (χ0v) is 10.3. The highest BCUT2D eigenvalue weighted by atomic mass is 16.5. The lowest BCUT2D eigenvalue weighted by molar-refractivity contribution is -0.117. The van der Waals surface area contributed by atoms with E-state index >= 15 is 0 Å². The van der Waals surface area contributed by atoms with E-state index in [0.29, 0.717) is 25.5 Å². The topological polar surface area (TPSA) is 75.3 Å². The van der Waals surface area contributed by atoms with Crippen molar-refractivity contribution < 1.29 is 13.9 Å². The zero-order valence-electron chi connectivity index (χ0n) is 10.3. The SMILES string of the molecule is CCOCCCNC(=O)/C(C#N)=C/c1ccco1. The van der Waals surface area contributed by atoms with Crippen LogP contribution in [-0.2, 0) is 9.53 Å². The molecular formula is C13H16N2O3. The van der Waals surface area contributed by atoms with Crippen LogP contribution in [0.2, 0.25) is 0 Å². The molecule has 1 amide bonds. The molecule has 1 aromatic rings. The minimum atomic E-state index is -0.398.